The fraction of sp³-hybridized carbons (Fsp3) is 0.100. The number of benzene rings is 2. The lowest BCUT2D eigenvalue weighted by atomic mass is 10.1. The molecule has 0 aliphatic carbocycles. The van der Waals surface area contributed by atoms with Crippen molar-refractivity contribution in [3.8, 4) is 0 Å². The van der Waals surface area contributed by atoms with E-state index < -0.39 is 0 Å². The van der Waals surface area contributed by atoms with Crippen molar-refractivity contribution in [3.63, 3.8) is 0 Å². The highest BCUT2D eigenvalue weighted by Gasteiger charge is 2.18. The number of anilines is 1. The Labute approximate surface area is 136 Å². The molecule has 1 aromatic heterocycles. The number of amides is 1. The van der Waals surface area contributed by atoms with Crippen LogP contribution in [0.4, 0.5) is 5.69 Å². The Kier molecular flexibility index (Phi) is 4.48. The average molecular weight is 302 g/mol. The summed E-state index contributed by atoms with van der Waals surface area (Å²) < 4.78 is 0. The third-order valence-electron chi connectivity index (χ3n) is 3.68. The number of rotatable bonds is 4. The molecule has 3 rings (SSSR count). The lowest BCUT2D eigenvalue weighted by Gasteiger charge is -2.23. The van der Waals surface area contributed by atoms with Crippen LogP contribution in [0, 0.1) is 6.92 Å². The molecule has 0 saturated heterocycles. The van der Waals surface area contributed by atoms with Gasteiger partial charge in [0.2, 0.25) is 0 Å². The highest BCUT2D eigenvalue weighted by Crippen LogP contribution is 2.20. The molecule has 0 radical (unpaired) electrons. The van der Waals surface area contributed by atoms with Crippen molar-refractivity contribution in [1.29, 1.82) is 0 Å². The molecule has 1 heterocycles. The number of hydrogen-bond acceptors (Lipinski definition) is 2. The number of aryl methyl sites for hydroxylation is 1. The Bertz CT molecular complexity index is 768. The van der Waals surface area contributed by atoms with E-state index in [-0.39, 0.29) is 5.91 Å². The van der Waals surface area contributed by atoms with Crippen molar-refractivity contribution >= 4 is 11.6 Å². The van der Waals surface area contributed by atoms with Crippen molar-refractivity contribution in [3.05, 3.63) is 95.8 Å². The molecular formula is C20H18N2O. The van der Waals surface area contributed by atoms with E-state index in [1.165, 1.54) is 0 Å². The number of pyridine rings is 1. The largest absolute Gasteiger partial charge is 0.304 e. The summed E-state index contributed by atoms with van der Waals surface area (Å²) >= 11 is 0. The Morgan fingerprint density at radius 3 is 2.35 bits per heavy atom. The lowest BCUT2D eigenvalue weighted by molar-refractivity contribution is 0.0985. The van der Waals surface area contributed by atoms with Gasteiger partial charge in [-0.05, 0) is 42.8 Å². The predicted octanol–water partition coefficient (Wildman–Crippen LogP) is 4.24. The Hall–Kier alpha value is -2.94. The van der Waals surface area contributed by atoms with Crippen LogP contribution in [-0.2, 0) is 6.54 Å². The van der Waals surface area contributed by atoms with Gasteiger partial charge in [-0.25, -0.2) is 0 Å². The highest BCUT2D eigenvalue weighted by molar-refractivity contribution is 6.06. The minimum Gasteiger partial charge on any atom is -0.304 e. The third kappa shape index (κ3) is 3.64. The first-order chi connectivity index (χ1) is 11.2. The SMILES string of the molecule is Cc1ccc(C(=O)N(Cc2cccnc2)c2ccccc2)cc1. The van der Waals surface area contributed by atoms with Gasteiger partial charge in [0.05, 0.1) is 6.54 Å². The molecule has 0 bridgehead atoms. The van der Waals surface area contributed by atoms with E-state index in [0.29, 0.717) is 12.1 Å². The number of aromatic nitrogens is 1. The topological polar surface area (TPSA) is 33.2 Å². The maximum Gasteiger partial charge on any atom is 0.258 e. The fourth-order valence-electron chi connectivity index (χ4n) is 2.41. The first kappa shape index (κ1) is 15.0. The summed E-state index contributed by atoms with van der Waals surface area (Å²) in [4.78, 5) is 18.9. The third-order valence-corrected chi connectivity index (χ3v) is 3.68. The number of para-hydroxylation sites is 1. The molecule has 0 aliphatic heterocycles. The normalized spacial score (nSPS) is 10.3. The number of carbonyl (C=O) groups is 1. The molecule has 0 atom stereocenters. The van der Waals surface area contributed by atoms with E-state index in [1.54, 1.807) is 17.3 Å². The second-order valence-corrected chi connectivity index (χ2v) is 5.45. The van der Waals surface area contributed by atoms with Crippen molar-refractivity contribution in [2.45, 2.75) is 13.5 Å². The van der Waals surface area contributed by atoms with E-state index in [4.69, 9.17) is 0 Å². The van der Waals surface area contributed by atoms with Gasteiger partial charge in [0.25, 0.3) is 5.91 Å². The molecule has 0 fully saturated rings. The summed E-state index contributed by atoms with van der Waals surface area (Å²) in [6.07, 6.45) is 3.52. The van der Waals surface area contributed by atoms with Gasteiger partial charge in [-0.2, -0.15) is 0 Å². The van der Waals surface area contributed by atoms with Gasteiger partial charge < -0.3 is 4.90 Å². The molecule has 2 aromatic carbocycles. The van der Waals surface area contributed by atoms with Crippen molar-refractivity contribution in [2.75, 3.05) is 4.90 Å². The van der Waals surface area contributed by atoms with Gasteiger partial charge in [-0.3, -0.25) is 9.78 Å². The Morgan fingerprint density at radius 2 is 1.70 bits per heavy atom. The van der Waals surface area contributed by atoms with Gasteiger partial charge in [0, 0.05) is 23.6 Å². The Morgan fingerprint density at radius 1 is 0.957 bits per heavy atom. The van der Waals surface area contributed by atoms with Crippen LogP contribution >= 0.6 is 0 Å². The Balaban J connectivity index is 1.94. The maximum absolute atomic E-state index is 13.0. The molecule has 0 spiro atoms. The van der Waals surface area contributed by atoms with Gasteiger partial charge in [-0.1, -0.05) is 42.0 Å². The molecule has 0 aliphatic rings. The van der Waals surface area contributed by atoms with E-state index in [0.717, 1.165) is 16.8 Å². The fourth-order valence-corrected chi connectivity index (χ4v) is 2.41. The predicted molar refractivity (Wildman–Crippen MR) is 92.4 cm³/mol. The molecule has 1 amide bonds. The van der Waals surface area contributed by atoms with Gasteiger partial charge in [0.15, 0.2) is 0 Å². The second kappa shape index (κ2) is 6.88. The molecule has 23 heavy (non-hydrogen) atoms. The molecular weight excluding hydrogens is 284 g/mol. The lowest BCUT2D eigenvalue weighted by Crippen LogP contribution is -2.30. The molecule has 114 valence electrons. The standard InChI is InChI=1S/C20H18N2O/c1-16-9-11-18(12-10-16)20(23)22(19-7-3-2-4-8-19)15-17-6-5-13-21-14-17/h2-14H,15H2,1H3. The van der Waals surface area contributed by atoms with E-state index in [9.17, 15) is 4.79 Å². The maximum atomic E-state index is 13.0. The van der Waals surface area contributed by atoms with Gasteiger partial charge >= 0.3 is 0 Å². The van der Waals surface area contributed by atoms with Crippen LogP contribution in [0.1, 0.15) is 21.5 Å². The zero-order valence-corrected chi connectivity index (χ0v) is 13.0. The van der Waals surface area contributed by atoms with Crippen LogP contribution in [0.3, 0.4) is 0 Å². The zero-order chi connectivity index (χ0) is 16.1. The second-order valence-electron chi connectivity index (χ2n) is 5.45. The average Bonchev–Trinajstić information content (AvgIpc) is 2.61. The van der Waals surface area contributed by atoms with Crippen molar-refractivity contribution < 1.29 is 4.79 Å². The molecule has 0 N–H and O–H groups in total. The zero-order valence-electron chi connectivity index (χ0n) is 13.0. The van der Waals surface area contributed by atoms with Crippen LogP contribution in [-0.4, -0.2) is 10.9 Å². The van der Waals surface area contributed by atoms with Crippen LogP contribution in [0.15, 0.2) is 79.1 Å². The summed E-state index contributed by atoms with van der Waals surface area (Å²) in [6, 6.07) is 21.2. The minimum absolute atomic E-state index is 0.0138. The molecule has 0 unspecified atom stereocenters. The van der Waals surface area contributed by atoms with E-state index in [1.807, 2.05) is 73.7 Å². The molecule has 0 saturated carbocycles. The van der Waals surface area contributed by atoms with Crippen molar-refractivity contribution in [2.24, 2.45) is 0 Å². The number of nitrogens with zero attached hydrogens (tertiary/aromatic N) is 2. The summed E-state index contributed by atoms with van der Waals surface area (Å²) in [5, 5.41) is 0. The van der Waals surface area contributed by atoms with Gasteiger partial charge in [0.1, 0.15) is 0 Å². The summed E-state index contributed by atoms with van der Waals surface area (Å²) in [6.45, 7) is 2.50. The van der Waals surface area contributed by atoms with Crippen LogP contribution in [0.25, 0.3) is 0 Å². The van der Waals surface area contributed by atoms with E-state index >= 15 is 0 Å². The number of hydrogen-bond donors (Lipinski definition) is 0. The molecule has 3 aromatic rings. The van der Waals surface area contributed by atoms with Crippen LogP contribution in [0.5, 0.6) is 0 Å². The van der Waals surface area contributed by atoms with E-state index in [2.05, 4.69) is 4.98 Å². The summed E-state index contributed by atoms with van der Waals surface area (Å²) in [5.41, 5.74) is 3.70. The quantitative estimate of drug-likeness (QED) is 0.722. The monoisotopic (exact) mass is 302 g/mol. The van der Waals surface area contributed by atoms with Crippen molar-refractivity contribution in [1.82, 2.24) is 4.98 Å². The smallest absolute Gasteiger partial charge is 0.258 e. The minimum atomic E-state index is -0.0138. The first-order valence-electron chi connectivity index (χ1n) is 7.56. The molecule has 3 heteroatoms. The van der Waals surface area contributed by atoms with Crippen LogP contribution < -0.4 is 4.90 Å². The van der Waals surface area contributed by atoms with Gasteiger partial charge in [-0.15, -0.1) is 0 Å². The first-order valence-corrected chi connectivity index (χ1v) is 7.56. The summed E-state index contributed by atoms with van der Waals surface area (Å²) in [5.74, 6) is -0.0138. The highest BCUT2D eigenvalue weighted by atomic mass is 16.2. The number of carbonyl (C=O) groups excluding carboxylic acids is 1. The molecule has 3 nitrogen and oxygen atoms in total. The summed E-state index contributed by atoms with van der Waals surface area (Å²) in [7, 11) is 0. The van der Waals surface area contributed by atoms with Crippen LogP contribution in [0.2, 0.25) is 0 Å².